The maximum absolute atomic E-state index is 13.6. The van der Waals surface area contributed by atoms with Gasteiger partial charge in [-0.05, 0) is 24.3 Å². The summed E-state index contributed by atoms with van der Waals surface area (Å²) in [7, 11) is 1.30. The molecule has 0 bridgehead atoms. The Hall–Kier alpha value is -2.70. The molecule has 0 spiro atoms. The van der Waals surface area contributed by atoms with Crippen LogP contribution in [-0.4, -0.2) is 42.5 Å². The van der Waals surface area contributed by atoms with Crippen molar-refractivity contribution in [3.8, 4) is 5.75 Å². The Bertz CT molecular complexity index is 700. The van der Waals surface area contributed by atoms with E-state index in [0.29, 0.717) is 5.82 Å². The summed E-state index contributed by atoms with van der Waals surface area (Å²) in [5.74, 6) is 0.139. The molecule has 0 atom stereocenters. The van der Waals surface area contributed by atoms with E-state index < -0.39 is 5.97 Å². The third-order valence-corrected chi connectivity index (χ3v) is 3.94. The number of carbonyl (C=O) groups is 1. The standard InChI is InChI=1S/C17H18FN3O3/c1-23-17(22)14-6-7-16(20-19-14)21-10-8-12(9-11-21)24-15-5-3-2-4-13(15)18/h2-7,12H,8-11H2,1H3. The molecule has 0 saturated carbocycles. The van der Waals surface area contributed by atoms with Crippen molar-refractivity contribution in [2.45, 2.75) is 18.9 Å². The number of methoxy groups -OCH3 is 1. The predicted octanol–water partition coefficient (Wildman–Crippen LogP) is 2.45. The first-order chi connectivity index (χ1) is 11.7. The van der Waals surface area contributed by atoms with Crippen LogP contribution in [0.1, 0.15) is 23.3 Å². The highest BCUT2D eigenvalue weighted by Gasteiger charge is 2.23. The number of anilines is 1. The molecule has 1 aliphatic rings. The van der Waals surface area contributed by atoms with Crippen LogP contribution in [0.25, 0.3) is 0 Å². The van der Waals surface area contributed by atoms with Gasteiger partial charge in [-0.15, -0.1) is 10.2 Å². The molecule has 6 nitrogen and oxygen atoms in total. The van der Waals surface area contributed by atoms with Crippen LogP contribution in [0.3, 0.4) is 0 Å². The van der Waals surface area contributed by atoms with Gasteiger partial charge >= 0.3 is 5.97 Å². The number of ether oxygens (including phenoxy) is 2. The average Bonchev–Trinajstić information content (AvgIpc) is 2.64. The summed E-state index contributed by atoms with van der Waals surface area (Å²) in [6.45, 7) is 1.46. The number of carbonyl (C=O) groups excluding carboxylic acids is 1. The summed E-state index contributed by atoms with van der Waals surface area (Å²) in [4.78, 5) is 13.4. The lowest BCUT2D eigenvalue weighted by Gasteiger charge is -2.32. The lowest BCUT2D eigenvalue weighted by molar-refractivity contribution is 0.0592. The fraction of sp³-hybridized carbons (Fsp3) is 0.353. The lowest BCUT2D eigenvalue weighted by atomic mass is 10.1. The molecule has 0 N–H and O–H groups in total. The highest BCUT2D eigenvalue weighted by atomic mass is 19.1. The number of esters is 1. The van der Waals surface area contributed by atoms with Crippen LogP contribution >= 0.6 is 0 Å². The second-order valence-corrected chi connectivity index (χ2v) is 5.50. The van der Waals surface area contributed by atoms with Gasteiger partial charge in [0.05, 0.1) is 7.11 Å². The van der Waals surface area contributed by atoms with Crippen LogP contribution in [-0.2, 0) is 4.74 Å². The van der Waals surface area contributed by atoms with Gasteiger partial charge in [-0.1, -0.05) is 12.1 Å². The first-order valence-corrected chi connectivity index (χ1v) is 7.75. The number of aromatic nitrogens is 2. The summed E-state index contributed by atoms with van der Waals surface area (Å²) < 4.78 is 24.0. The highest BCUT2D eigenvalue weighted by molar-refractivity contribution is 5.86. The van der Waals surface area contributed by atoms with Crippen molar-refractivity contribution in [3.63, 3.8) is 0 Å². The molecule has 0 aliphatic carbocycles. The number of rotatable bonds is 4. The molecule has 24 heavy (non-hydrogen) atoms. The quantitative estimate of drug-likeness (QED) is 0.802. The molecule has 0 amide bonds. The lowest BCUT2D eigenvalue weighted by Crippen LogP contribution is -2.39. The van der Waals surface area contributed by atoms with E-state index in [2.05, 4.69) is 19.8 Å². The summed E-state index contributed by atoms with van der Waals surface area (Å²) in [6, 6.07) is 9.77. The molecule has 2 heterocycles. The normalized spacial score (nSPS) is 15.2. The van der Waals surface area contributed by atoms with Gasteiger partial charge in [0.15, 0.2) is 23.1 Å². The molecular weight excluding hydrogens is 313 g/mol. The van der Waals surface area contributed by atoms with Crippen molar-refractivity contribution < 1.29 is 18.7 Å². The monoisotopic (exact) mass is 331 g/mol. The molecular formula is C17H18FN3O3. The Kier molecular flexibility index (Phi) is 4.88. The second kappa shape index (κ2) is 7.25. The van der Waals surface area contributed by atoms with E-state index in [4.69, 9.17) is 4.74 Å². The molecule has 1 fully saturated rings. The number of halogens is 1. The van der Waals surface area contributed by atoms with Crippen LogP contribution < -0.4 is 9.64 Å². The Balaban J connectivity index is 1.57. The van der Waals surface area contributed by atoms with Crippen molar-refractivity contribution in [3.05, 3.63) is 47.9 Å². The van der Waals surface area contributed by atoms with Gasteiger partial charge in [0.25, 0.3) is 0 Å². The largest absolute Gasteiger partial charge is 0.487 e. The second-order valence-electron chi connectivity index (χ2n) is 5.50. The van der Waals surface area contributed by atoms with Crippen molar-refractivity contribution in [2.24, 2.45) is 0 Å². The molecule has 0 unspecified atom stereocenters. The highest BCUT2D eigenvalue weighted by Crippen LogP contribution is 2.23. The van der Waals surface area contributed by atoms with Gasteiger partial charge in [0, 0.05) is 25.9 Å². The number of hydrogen-bond acceptors (Lipinski definition) is 6. The molecule has 1 aromatic heterocycles. The number of nitrogens with zero attached hydrogens (tertiary/aromatic N) is 3. The fourth-order valence-corrected chi connectivity index (χ4v) is 2.63. The van der Waals surface area contributed by atoms with Gasteiger partial charge in [-0.2, -0.15) is 0 Å². The Morgan fingerprint density at radius 3 is 2.54 bits per heavy atom. The zero-order valence-electron chi connectivity index (χ0n) is 13.3. The Morgan fingerprint density at radius 1 is 1.17 bits per heavy atom. The molecule has 2 aromatic rings. The van der Waals surface area contributed by atoms with Gasteiger partial charge < -0.3 is 14.4 Å². The summed E-state index contributed by atoms with van der Waals surface area (Å²) in [6.07, 6.45) is 1.49. The van der Waals surface area contributed by atoms with E-state index >= 15 is 0 Å². The van der Waals surface area contributed by atoms with Gasteiger partial charge in [-0.3, -0.25) is 0 Å². The van der Waals surface area contributed by atoms with Crippen LogP contribution in [0, 0.1) is 5.82 Å². The minimum Gasteiger partial charge on any atom is -0.487 e. The SMILES string of the molecule is COC(=O)c1ccc(N2CCC(Oc3ccccc3F)CC2)nn1. The third kappa shape index (κ3) is 3.61. The van der Waals surface area contributed by atoms with Crippen molar-refractivity contribution in [2.75, 3.05) is 25.1 Å². The molecule has 1 aromatic carbocycles. The van der Waals surface area contributed by atoms with E-state index in [1.807, 2.05) is 0 Å². The molecule has 3 rings (SSSR count). The summed E-state index contributed by atoms with van der Waals surface area (Å²) in [5.41, 5.74) is 0.180. The van der Waals surface area contributed by atoms with Crippen LogP contribution in [0.2, 0.25) is 0 Å². The molecule has 126 valence electrons. The first kappa shape index (κ1) is 16.2. The molecule has 7 heteroatoms. The minimum absolute atomic E-state index is 0.0274. The number of piperidine rings is 1. The van der Waals surface area contributed by atoms with Gasteiger partial charge in [0.2, 0.25) is 0 Å². The number of para-hydroxylation sites is 1. The maximum Gasteiger partial charge on any atom is 0.358 e. The predicted molar refractivity (Wildman–Crippen MR) is 85.6 cm³/mol. The average molecular weight is 331 g/mol. The van der Waals surface area contributed by atoms with E-state index in [1.54, 1.807) is 30.3 Å². The van der Waals surface area contributed by atoms with E-state index in [1.165, 1.54) is 13.2 Å². The fourth-order valence-electron chi connectivity index (χ4n) is 2.63. The topological polar surface area (TPSA) is 64.5 Å². The number of benzene rings is 1. The zero-order chi connectivity index (χ0) is 16.9. The van der Waals surface area contributed by atoms with Gasteiger partial charge in [-0.25, -0.2) is 9.18 Å². The van der Waals surface area contributed by atoms with Crippen molar-refractivity contribution in [1.29, 1.82) is 0 Å². The minimum atomic E-state index is -0.508. The maximum atomic E-state index is 13.6. The van der Waals surface area contributed by atoms with Crippen LogP contribution in [0.15, 0.2) is 36.4 Å². The van der Waals surface area contributed by atoms with Crippen LogP contribution in [0.4, 0.5) is 10.2 Å². The first-order valence-electron chi connectivity index (χ1n) is 7.75. The zero-order valence-corrected chi connectivity index (χ0v) is 13.3. The molecule has 1 aliphatic heterocycles. The summed E-state index contributed by atoms with van der Waals surface area (Å²) >= 11 is 0. The Labute approximate surface area is 139 Å². The van der Waals surface area contributed by atoms with Crippen molar-refractivity contribution in [1.82, 2.24) is 10.2 Å². The smallest absolute Gasteiger partial charge is 0.358 e. The van der Waals surface area contributed by atoms with E-state index in [9.17, 15) is 9.18 Å². The van der Waals surface area contributed by atoms with Crippen LogP contribution in [0.5, 0.6) is 5.75 Å². The Morgan fingerprint density at radius 2 is 1.92 bits per heavy atom. The van der Waals surface area contributed by atoms with E-state index in [-0.39, 0.29) is 23.4 Å². The summed E-state index contributed by atoms with van der Waals surface area (Å²) in [5, 5.41) is 7.94. The van der Waals surface area contributed by atoms with Crippen molar-refractivity contribution >= 4 is 11.8 Å². The third-order valence-electron chi connectivity index (χ3n) is 3.94. The molecule has 0 radical (unpaired) electrons. The number of hydrogen-bond donors (Lipinski definition) is 0. The van der Waals surface area contributed by atoms with Gasteiger partial charge in [0.1, 0.15) is 6.10 Å². The molecule has 1 saturated heterocycles. The van der Waals surface area contributed by atoms with E-state index in [0.717, 1.165) is 25.9 Å².